The van der Waals surface area contributed by atoms with Crippen molar-refractivity contribution < 1.29 is 4.39 Å². The average Bonchev–Trinajstić information content (AvgIpc) is 1.58. The number of rotatable bonds is 0. The summed E-state index contributed by atoms with van der Waals surface area (Å²) in [6, 6.07) is 2.33. The summed E-state index contributed by atoms with van der Waals surface area (Å²) >= 11 is 0. The smallest absolute Gasteiger partial charge is 0.136 e. The normalized spacial score (nSPS) is 20.9. The Hall–Kier alpha value is -0.710. The Morgan fingerprint density at radius 1 is 1.71 bits per heavy atom. The van der Waals surface area contributed by atoms with Crippen molar-refractivity contribution in [3.8, 4) is 12.5 Å². The van der Waals surface area contributed by atoms with Gasteiger partial charge in [0.25, 0.3) is 0 Å². The Morgan fingerprint density at radius 2 is 2.29 bits per heavy atom. The third-order valence-corrected chi connectivity index (χ3v) is 1.02. The third kappa shape index (κ3) is 0.663. The molecule has 1 nitrogen and oxygen atoms in total. The topological polar surface area (TPSA) is 3.24 Å². The molecule has 0 aromatic heterocycles. The molecule has 1 aliphatic heterocycles. The van der Waals surface area contributed by atoms with Gasteiger partial charge in [-0.05, 0) is 0 Å². The molecule has 0 spiro atoms. The second kappa shape index (κ2) is 1.42. The number of hydrogen-bond acceptors (Lipinski definition) is 1. The maximum Gasteiger partial charge on any atom is 0.136 e. The van der Waals surface area contributed by atoms with E-state index >= 15 is 0 Å². The van der Waals surface area contributed by atoms with Gasteiger partial charge in [0.1, 0.15) is 6.17 Å². The maximum atomic E-state index is 11.8. The lowest BCUT2D eigenvalue weighted by Gasteiger charge is -2.30. The summed E-state index contributed by atoms with van der Waals surface area (Å²) in [6.45, 7) is 0.854. The van der Waals surface area contributed by atoms with Gasteiger partial charge in [-0.25, -0.2) is 4.39 Å². The van der Waals surface area contributed by atoms with Crippen molar-refractivity contribution in [3.05, 3.63) is 0 Å². The molecule has 0 N–H and O–H groups in total. The van der Waals surface area contributed by atoms with Gasteiger partial charge in [0.2, 0.25) is 0 Å². The molecule has 1 rings (SSSR count). The van der Waals surface area contributed by atoms with E-state index in [9.17, 15) is 4.39 Å². The summed E-state index contributed by atoms with van der Waals surface area (Å²) in [5.41, 5.74) is 0. The van der Waals surface area contributed by atoms with E-state index in [1.807, 2.05) is 0 Å². The van der Waals surface area contributed by atoms with Gasteiger partial charge in [-0.1, -0.05) is 6.42 Å². The van der Waals surface area contributed by atoms with E-state index in [1.54, 1.807) is 4.90 Å². The van der Waals surface area contributed by atoms with Gasteiger partial charge in [0, 0.05) is 6.04 Å². The van der Waals surface area contributed by atoms with E-state index in [2.05, 4.69) is 6.04 Å². The van der Waals surface area contributed by atoms with Crippen LogP contribution in [-0.2, 0) is 0 Å². The summed E-state index contributed by atoms with van der Waals surface area (Å²) in [6.07, 6.45) is 4.23. The van der Waals surface area contributed by atoms with Crippen molar-refractivity contribution in [3.63, 3.8) is 0 Å². The fourth-order valence-corrected chi connectivity index (χ4v) is 0.530. The lowest BCUT2D eigenvalue weighted by Crippen LogP contribution is -2.44. The highest BCUT2D eigenvalue weighted by Crippen LogP contribution is 2.07. The van der Waals surface area contributed by atoms with Crippen LogP contribution in [0, 0.1) is 12.5 Å². The molecule has 0 bridgehead atoms. The molecule has 0 radical (unpaired) electrons. The zero-order chi connectivity index (χ0) is 5.28. The summed E-state index contributed by atoms with van der Waals surface area (Å²) < 4.78 is 11.8. The lowest BCUT2D eigenvalue weighted by atomic mass is 10.2. The molecule has 0 unspecified atom stereocenters. The molecule has 1 heterocycles. The summed E-state index contributed by atoms with van der Waals surface area (Å²) in [7, 11) is 0. The summed E-state index contributed by atoms with van der Waals surface area (Å²) in [4.78, 5) is 1.60. The van der Waals surface area contributed by atoms with E-state index in [1.165, 1.54) is 0 Å². The molecule has 2 heteroatoms. The van der Waals surface area contributed by atoms with Gasteiger partial charge in [-0.2, -0.15) is 0 Å². The van der Waals surface area contributed by atoms with Crippen LogP contribution in [0.3, 0.4) is 0 Å². The molecule has 1 aliphatic rings. The molecule has 0 atom stereocenters. The van der Waals surface area contributed by atoms with Crippen molar-refractivity contribution in [2.75, 3.05) is 13.1 Å². The lowest BCUT2D eigenvalue weighted by molar-refractivity contribution is 0.121. The predicted octanol–water partition coefficient (Wildman–Crippen LogP) is 0.231. The highest BCUT2D eigenvalue weighted by Gasteiger charge is 2.22. The molecule has 38 valence electrons. The molecule has 0 aromatic rings. The summed E-state index contributed by atoms with van der Waals surface area (Å²) in [5, 5.41) is 0. The largest absolute Gasteiger partial charge is 0.327 e. The third-order valence-electron chi connectivity index (χ3n) is 1.02. The molecule has 0 amide bonds. The van der Waals surface area contributed by atoms with E-state index in [0.717, 1.165) is 0 Å². The van der Waals surface area contributed by atoms with Crippen molar-refractivity contribution >= 4 is 0 Å². The Kier molecular flexibility index (Phi) is 0.900. The quantitative estimate of drug-likeness (QED) is 0.393. The molecule has 0 saturated carbocycles. The van der Waals surface area contributed by atoms with E-state index in [0.29, 0.717) is 13.1 Å². The highest BCUT2D eigenvalue weighted by atomic mass is 19.1. The summed E-state index contributed by atoms with van der Waals surface area (Å²) in [5.74, 6) is 0. The Bertz CT molecular complexity index is 99.1. The number of likely N-dealkylation sites (tertiary alicyclic amines) is 1. The van der Waals surface area contributed by atoms with Crippen LogP contribution in [0.5, 0.6) is 0 Å². The van der Waals surface area contributed by atoms with Gasteiger partial charge in [0.05, 0.1) is 13.1 Å². The first kappa shape index (κ1) is 4.45. The Morgan fingerprint density at radius 3 is 2.43 bits per heavy atom. The molecule has 0 aliphatic carbocycles. The minimum Gasteiger partial charge on any atom is -0.327 e. The van der Waals surface area contributed by atoms with Crippen molar-refractivity contribution in [2.45, 2.75) is 6.17 Å². The average molecular weight is 99.1 g/mol. The van der Waals surface area contributed by atoms with Gasteiger partial charge in [0.15, 0.2) is 0 Å². The maximum absolute atomic E-state index is 11.8. The van der Waals surface area contributed by atoms with Crippen LogP contribution in [-0.4, -0.2) is 24.2 Å². The SMILES string of the molecule is C#CN1CC(F)C1. The molecule has 0 aromatic carbocycles. The zero-order valence-corrected chi connectivity index (χ0v) is 3.89. The first-order chi connectivity index (χ1) is 3.33. The van der Waals surface area contributed by atoms with Crippen LogP contribution in [0.1, 0.15) is 0 Å². The van der Waals surface area contributed by atoms with Crippen molar-refractivity contribution in [1.82, 2.24) is 4.90 Å². The van der Waals surface area contributed by atoms with Gasteiger partial charge in [-0.15, -0.1) is 0 Å². The number of hydrogen-bond donors (Lipinski definition) is 0. The predicted molar refractivity (Wildman–Crippen MR) is 25.3 cm³/mol. The van der Waals surface area contributed by atoms with Crippen molar-refractivity contribution in [1.29, 1.82) is 0 Å². The van der Waals surface area contributed by atoms with Crippen LogP contribution in [0.15, 0.2) is 0 Å². The Balaban J connectivity index is 2.21. The molecular formula is C5H6FN. The number of nitrogens with zero attached hydrogens (tertiary/aromatic N) is 1. The minimum absolute atomic E-state index is 0.427. The standard InChI is InChI=1S/C5H6FN/c1-2-7-3-5(6)4-7/h1,5H,3-4H2. The second-order valence-electron chi connectivity index (χ2n) is 1.63. The first-order valence-corrected chi connectivity index (χ1v) is 2.18. The van der Waals surface area contributed by atoms with Gasteiger partial charge < -0.3 is 4.90 Å². The van der Waals surface area contributed by atoms with Crippen LogP contribution >= 0.6 is 0 Å². The van der Waals surface area contributed by atoms with E-state index < -0.39 is 6.17 Å². The van der Waals surface area contributed by atoms with Gasteiger partial charge in [-0.3, -0.25) is 0 Å². The monoisotopic (exact) mass is 99.0 g/mol. The molecule has 1 saturated heterocycles. The van der Waals surface area contributed by atoms with Crippen LogP contribution in [0.25, 0.3) is 0 Å². The number of alkyl halides is 1. The number of halogens is 1. The molecule has 1 fully saturated rings. The van der Waals surface area contributed by atoms with Crippen LogP contribution < -0.4 is 0 Å². The van der Waals surface area contributed by atoms with Crippen molar-refractivity contribution in [2.24, 2.45) is 0 Å². The fourth-order valence-electron chi connectivity index (χ4n) is 0.530. The van der Waals surface area contributed by atoms with Crippen LogP contribution in [0.2, 0.25) is 0 Å². The first-order valence-electron chi connectivity index (χ1n) is 2.18. The Labute approximate surface area is 42.1 Å². The number of terminal acetylenes is 1. The zero-order valence-electron chi connectivity index (χ0n) is 3.89. The minimum atomic E-state index is -0.670. The van der Waals surface area contributed by atoms with E-state index in [-0.39, 0.29) is 0 Å². The second-order valence-corrected chi connectivity index (χ2v) is 1.63. The fraction of sp³-hybridized carbons (Fsp3) is 0.600. The van der Waals surface area contributed by atoms with E-state index in [4.69, 9.17) is 6.42 Å². The van der Waals surface area contributed by atoms with Crippen LogP contribution in [0.4, 0.5) is 4.39 Å². The highest BCUT2D eigenvalue weighted by molar-refractivity contribution is 4.94. The molecular weight excluding hydrogens is 93.1 g/mol. The molecule has 7 heavy (non-hydrogen) atoms. The van der Waals surface area contributed by atoms with Gasteiger partial charge >= 0.3 is 0 Å².